The third kappa shape index (κ3) is 3.72. The van der Waals surface area contributed by atoms with Gasteiger partial charge in [0.2, 0.25) is 11.4 Å². The van der Waals surface area contributed by atoms with E-state index in [-0.39, 0.29) is 11.5 Å². The highest BCUT2D eigenvalue weighted by Crippen LogP contribution is 2.27. The lowest BCUT2D eigenvalue weighted by Crippen LogP contribution is -2.08. The lowest BCUT2D eigenvalue weighted by Gasteiger charge is -2.15. The second-order valence-corrected chi connectivity index (χ2v) is 5.69. The molecular weight excluding hydrogens is 264 g/mol. The van der Waals surface area contributed by atoms with Gasteiger partial charge in [0.1, 0.15) is 0 Å². The van der Waals surface area contributed by atoms with E-state index in [4.69, 9.17) is 4.74 Å². The Kier molecular flexibility index (Phi) is 4.78. The van der Waals surface area contributed by atoms with E-state index in [1.54, 1.807) is 19.4 Å². The van der Waals surface area contributed by atoms with Crippen molar-refractivity contribution in [3.05, 3.63) is 57.6 Å². The summed E-state index contributed by atoms with van der Waals surface area (Å²) in [7, 11) is 1.65. The molecule has 4 nitrogen and oxygen atoms in total. The third-order valence-corrected chi connectivity index (χ3v) is 3.66. The summed E-state index contributed by atoms with van der Waals surface area (Å²) in [4.78, 5) is 18.4. The van der Waals surface area contributed by atoms with Crippen molar-refractivity contribution in [3.8, 4) is 5.88 Å². The maximum atomic E-state index is 11.4. The zero-order chi connectivity index (χ0) is 15.4. The van der Waals surface area contributed by atoms with Crippen molar-refractivity contribution in [1.29, 1.82) is 0 Å². The molecule has 0 fully saturated rings. The fourth-order valence-corrected chi connectivity index (χ4v) is 2.45. The molecule has 0 aromatic carbocycles. The van der Waals surface area contributed by atoms with Crippen LogP contribution < -0.4 is 10.3 Å². The van der Waals surface area contributed by atoms with Gasteiger partial charge in [-0.15, -0.1) is 0 Å². The Balaban J connectivity index is 2.23. The molecule has 0 aliphatic heterocycles. The van der Waals surface area contributed by atoms with Crippen LogP contribution in [0.15, 0.2) is 35.4 Å². The molecule has 112 valence electrons. The summed E-state index contributed by atoms with van der Waals surface area (Å²) in [6, 6.07) is 5.76. The number of nitrogens with one attached hydrogen (secondary N) is 1. The highest BCUT2D eigenvalue weighted by atomic mass is 16.5. The van der Waals surface area contributed by atoms with E-state index in [1.807, 2.05) is 12.3 Å². The Morgan fingerprint density at radius 2 is 2.05 bits per heavy atom. The van der Waals surface area contributed by atoms with Crippen LogP contribution in [0.4, 0.5) is 0 Å². The molecule has 0 aliphatic rings. The van der Waals surface area contributed by atoms with Gasteiger partial charge in [-0.1, -0.05) is 20.8 Å². The zero-order valence-corrected chi connectivity index (χ0v) is 13.0. The van der Waals surface area contributed by atoms with E-state index < -0.39 is 0 Å². The molecule has 1 N–H and O–H groups in total. The molecular formula is C17H22N2O2. The van der Waals surface area contributed by atoms with Crippen molar-refractivity contribution < 1.29 is 4.74 Å². The first-order chi connectivity index (χ1) is 10.0. The summed E-state index contributed by atoms with van der Waals surface area (Å²) in [5.74, 6) is 1.32. The molecule has 0 spiro atoms. The standard InChI is InChI=1S/C17H22N2O2/c1-11(2)15-8-13(10-19-17(15)21-4)7-12(3)14-5-6-18-16(20)9-14/h5-6,8-12H,7H2,1-4H3,(H,18,20). The van der Waals surface area contributed by atoms with Crippen LogP contribution in [0.2, 0.25) is 0 Å². The molecule has 2 aromatic heterocycles. The molecule has 0 bridgehead atoms. The molecule has 4 heteroatoms. The van der Waals surface area contributed by atoms with Crippen molar-refractivity contribution in [2.24, 2.45) is 0 Å². The number of hydrogen-bond acceptors (Lipinski definition) is 3. The minimum atomic E-state index is -0.0601. The number of aromatic amines is 1. The minimum absolute atomic E-state index is 0.0601. The predicted octanol–water partition coefficient (Wildman–Crippen LogP) is 3.25. The van der Waals surface area contributed by atoms with E-state index in [9.17, 15) is 4.79 Å². The summed E-state index contributed by atoms with van der Waals surface area (Å²) in [5, 5.41) is 0. The number of ether oxygens (including phenoxy) is 1. The fourth-order valence-electron chi connectivity index (χ4n) is 2.45. The van der Waals surface area contributed by atoms with Gasteiger partial charge in [0.05, 0.1) is 7.11 Å². The fraction of sp³-hybridized carbons (Fsp3) is 0.412. The first kappa shape index (κ1) is 15.3. The van der Waals surface area contributed by atoms with Crippen molar-refractivity contribution in [3.63, 3.8) is 0 Å². The number of hydrogen-bond donors (Lipinski definition) is 1. The summed E-state index contributed by atoms with van der Waals surface area (Å²) in [6.45, 7) is 6.38. The van der Waals surface area contributed by atoms with E-state index in [2.05, 4.69) is 36.8 Å². The predicted molar refractivity (Wildman–Crippen MR) is 84.1 cm³/mol. The molecule has 1 unspecified atom stereocenters. The Morgan fingerprint density at radius 1 is 1.29 bits per heavy atom. The maximum Gasteiger partial charge on any atom is 0.248 e. The molecule has 2 heterocycles. The highest BCUT2D eigenvalue weighted by Gasteiger charge is 2.13. The van der Waals surface area contributed by atoms with E-state index >= 15 is 0 Å². The Labute approximate surface area is 125 Å². The number of methoxy groups -OCH3 is 1. The smallest absolute Gasteiger partial charge is 0.248 e. The monoisotopic (exact) mass is 286 g/mol. The summed E-state index contributed by atoms with van der Waals surface area (Å²) in [6.07, 6.45) is 4.40. The number of nitrogens with zero attached hydrogens (tertiary/aromatic N) is 1. The topological polar surface area (TPSA) is 55.0 Å². The van der Waals surface area contributed by atoms with Crippen LogP contribution in [-0.2, 0) is 6.42 Å². The normalized spacial score (nSPS) is 12.4. The summed E-state index contributed by atoms with van der Waals surface area (Å²) < 4.78 is 5.31. The second-order valence-electron chi connectivity index (χ2n) is 5.69. The minimum Gasteiger partial charge on any atom is -0.481 e. The van der Waals surface area contributed by atoms with Crippen LogP contribution in [-0.4, -0.2) is 17.1 Å². The third-order valence-electron chi connectivity index (χ3n) is 3.66. The molecule has 1 atom stereocenters. The van der Waals surface area contributed by atoms with E-state index in [0.717, 1.165) is 23.1 Å². The van der Waals surface area contributed by atoms with Gasteiger partial charge in [-0.05, 0) is 41.5 Å². The van der Waals surface area contributed by atoms with Gasteiger partial charge in [-0.2, -0.15) is 0 Å². The highest BCUT2D eigenvalue weighted by molar-refractivity contribution is 5.33. The number of pyridine rings is 2. The average Bonchev–Trinajstić information content (AvgIpc) is 2.47. The maximum absolute atomic E-state index is 11.4. The van der Waals surface area contributed by atoms with Crippen molar-refractivity contribution in [2.75, 3.05) is 7.11 Å². The lowest BCUT2D eigenvalue weighted by atomic mass is 9.93. The molecule has 2 aromatic rings. The van der Waals surface area contributed by atoms with E-state index in [0.29, 0.717) is 11.8 Å². The Bertz CT molecular complexity index is 662. The largest absolute Gasteiger partial charge is 0.481 e. The van der Waals surface area contributed by atoms with Crippen molar-refractivity contribution in [2.45, 2.75) is 39.0 Å². The van der Waals surface area contributed by atoms with Crippen molar-refractivity contribution >= 4 is 0 Å². The molecule has 0 saturated heterocycles. The van der Waals surface area contributed by atoms with Crippen molar-refractivity contribution in [1.82, 2.24) is 9.97 Å². The summed E-state index contributed by atoms with van der Waals surface area (Å²) in [5.41, 5.74) is 3.26. The zero-order valence-electron chi connectivity index (χ0n) is 13.0. The van der Waals surface area contributed by atoms with Gasteiger partial charge >= 0.3 is 0 Å². The number of aromatic nitrogens is 2. The molecule has 0 radical (unpaired) electrons. The Hall–Kier alpha value is -2.10. The van der Waals surface area contributed by atoms with Gasteiger partial charge in [0.25, 0.3) is 0 Å². The lowest BCUT2D eigenvalue weighted by molar-refractivity contribution is 0.390. The molecule has 0 saturated carbocycles. The SMILES string of the molecule is COc1ncc(CC(C)c2cc[nH]c(=O)c2)cc1C(C)C. The molecule has 2 rings (SSSR count). The number of H-pyrrole nitrogens is 1. The first-order valence-corrected chi connectivity index (χ1v) is 7.22. The molecule has 0 amide bonds. The van der Waals surface area contributed by atoms with Crippen LogP contribution in [0.3, 0.4) is 0 Å². The average molecular weight is 286 g/mol. The van der Waals surface area contributed by atoms with Gasteiger partial charge < -0.3 is 9.72 Å². The summed E-state index contributed by atoms with van der Waals surface area (Å²) >= 11 is 0. The van der Waals surface area contributed by atoms with Crippen LogP contribution in [0.5, 0.6) is 5.88 Å². The van der Waals surface area contributed by atoms with Crippen LogP contribution in [0.1, 0.15) is 49.3 Å². The Morgan fingerprint density at radius 3 is 2.67 bits per heavy atom. The van der Waals surface area contributed by atoms with Gasteiger partial charge in [0.15, 0.2) is 0 Å². The van der Waals surface area contributed by atoms with Crippen LogP contribution >= 0.6 is 0 Å². The van der Waals surface area contributed by atoms with Gasteiger partial charge in [-0.25, -0.2) is 4.98 Å². The molecule has 21 heavy (non-hydrogen) atoms. The van der Waals surface area contributed by atoms with E-state index in [1.165, 1.54) is 0 Å². The van der Waals surface area contributed by atoms with Gasteiger partial charge in [0, 0.05) is 24.0 Å². The first-order valence-electron chi connectivity index (χ1n) is 7.22. The van der Waals surface area contributed by atoms with Crippen LogP contribution in [0, 0.1) is 0 Å². The van der Waals surface area contributed by atoms with Gasteiger partial charge in [-0.3, -0.25) is 4.79 Å². The quantitative estimate of drug-likeness (QED) is 0.918. The molecule has 0 aliphatic carbocycles. The number of rotatable bonds is 5. The van der Waals surface area contributed by atoms with Crippen LogP contribution in [0.25, 0.3) is 0 Å². The second kappa shape index (κ2) is 6.57.